The van der Waals surface area contributed by atoms with E-state index in [1.54, 1.807) is 72.0 Å². The number of nitrogens with one attached hydrogen (secondary N) is 3. The van der Waals surface area contributed by atoms with Gasteiger partial charge in [0.05, 0.1) is 42.7 Å². The summed E-state index contributed by atoms with van der Waals surface area (Å²) in [5, 5.41) is 8.86. The van der Waals surface area contributed by atoms with Crippen molar-refractivity contribution >= 4 is 29.6 Å². The van der Waals surface area contributed by atoms with E-state index in [0.717, 1.165) is 12.8 Å². The Hall–Kier alpha value is -3.62. The second-order valence-electron chi connectivity index (χ2n) is 18.7. The van der Waals surface area contributed by atoms with E-state index in [-0.39, 0.29) is 59.3 Å². The van der Waals surface area contributed by atoms with Crippen LogP contribution in [-0.2, 0) is 44.6 Å². The van der Waals surface area contributed by atoms with Crippen molar-refractivity contribution in [3.63, 3.8) is 0 Å². The fourth-order valence-corrected chi connectivity index (χ4v) is 8.56. The van der Waals surface area contributed by atoms with E-state index in [2.05, 4.69) is 16.0 Å². The fourth-order valence-electron chi connectivity index (χ4n) is 8.56. The molecule has 1 saturated carbocycles. The lowest BCUT2D eigenvalue weighted by atomic mass is 9.89. The summed E-state index contributed by atoms with van der Waals surface area (Å²) in [5.74, 6) is -3.43. The van der Waals surface area contributed by atoms with Crippen LogP contribution in [0.4, 0.5) is 4.39 Å². The highest BCUT2D eigenvalue weighted by atomic mass is 19.1. The first-order valence-electron chi connectivity index (χ1n) is 21.4. The lowest BCUT2D eigenvalue weighted by Gasteiger charge is -2.41. The first-order valence-corrected chi connectivity index (χ1v) is 21.4. The van der Waals surface area contributed by atoms with Gasteiger partial charge in [-0.1, -0.05) is 73.1 Å². The molecule has 0 aromatic heterocycles. The van der Waals surface area contributed by atoms with Crippen LogP contribution in [0, 0.1) is 34.9 Å². The van der Waals surface area contributed by atoms with Gasteiger partial charge in [-0.3, -0.25) is 19.2 Å². The zero-order valence-corrected chi connectivity index (χ0v) is 38.1. The summed E-state index contributed by atoms with van der Waals surface area (Å²) in [6, 6.07) is 2.71. The highest BCUT2D eigenvalue weighted by Gasteiger charge is 2.56. The Morgan fingerprint density at radius 2 is 1.54 bits per heavy atom. The van der Waals surface area contributed by atoms with Gasteiger partial charge in [0.25, 0.3) is 0 Å². The molecule has 334 valence electrons. The molecule has 59 heavy (non-hydrogen) atoms. The molecule has 1 aliphatic carbocycles. The van der Waals surface area contributed by atoms with E-state index in [1.165, 1.54) is 13.2 Å². The number of likely N-dealkylation sites (tertiary alicyclic amines) is 1. The van der Waals surface area contributed by atoms with E-state index >= 15 is 0 Å². The zero-order valence-electron chi connectivity index (χ0n) is 38.1. The quantitative estimate of drug-likeness (QED) is 0.147. The number of benzene rings is 1. The maximum Gasteiger partial charge on any atom is 0.329 e. The SMILES string of the molecule is CC[C@H](C)[C@@H]([C@@H](CC(=O)N1CC2(CC2)CC1[C@H](OC)[C@@H](C)C(=O)NC(Cc1ccccc1F)C(=O)OC(C)(C)C)OC)N(C)C(=O)C(NC(=O)C(NC)C(C)C)C(C)C. The van der Waals surface area contributed by atoms with Gasteiger partial charge in [0.2, 0.25) is 23.6 Å². The number of halogens is 1. The van der Waals surface area contributed by atoms with E-state index in [1.807, 2.05) is 46.4 Å². The van der Waals surface area contributed by atoms with Crippen molar-refractivity contribution in [2.24, 2.45) is 29.1 Å². The van der Waals surface area contributed by atoms with Gasteiger partial charge >= 0.3 is 5.97 Å². The third-order valence-electron chi connectivity index (χ3n) is 12.3. The molecule has 0 radical (unpaired) electrons. The van der Waals surface area contributed by atoms with E-state index in [9.17, 15) is 28.4 Å². The Bertz CT molecular complexity index is 1600. The van der Waals surface area contributed by atoms with Gasteiger partial charge in [0, 0.05) is 34.2 Å². The summed E-state index contributed by atoms with van der Waals surface area (Å²) in [4.78, 5) is 73.0. The molecule has 4 unspecified atom stereocenters. The Morgan fingerprint density at radius 1 is 0.932 bits per heavy atom. The average molecular weight is 832 g/mol. The molecule has 13 nitrogen and oxygen atoms in total. The average Bonchev–Trinajstić information content (AvgIpc) is 3.82. The minimum Gasteiger partial charge on any atom is -0.458 e. The number of ether oxygens (including phenoxy) is 3. The van der Waals surface area contributed by atoms with Crippen LogP contribution in [0.25, 0.3) is 0 Å². The number of carbonyl (C=O) groups is 5. The van der Waals surface area contributed by atoms with Crippen LogP contribution >= 0.6 is 0 Å². The lowest BCUT2D eigenvalue weighted by molar-refractivity contribution is -0.159. The summed E-state index contributed by atoms with van der Waals surface area (Å²) in [5.41, 5.74) is -0.659. The van der Waals surface area contributed by atoms with Crippen molar-refractivity contribution in [2.75, 3.05) is 34.9 Å². The van der Waals surface area contributed by atoms with Gasteiger partial charge in [-0.25, -0.2) is 9.18 Å². The molecule has 3 N–H and O–H groups in total. The van der Waals surface area contributed by atoms with Crippen LogP contribution in [-0.4, -0.2) is 122 Å². The van der Waals surface area contributed by atoms with Gasteiger partial charge in [0.15, 0.2) is 0 Å². The molecular weight excluding hydrogens is 758 g/mol. The molecule has 4 amide bonds. The molecule has 0 bridgehead atoms. The van der Waals surface area contributed by atoms with E-state index in [4.69, 9.17) is 14.2 Å². The fraction of sp³-hybridized carbons (Fsp3) is 0.756. The Labute approximate surface area is 352 Å². The second kappa shape index (κ2) is 21.3. The molecule has 3 rings (SSSR count). The number of amides is 4. The third kappa shape index (κ3) is 12.9. The Kier molecular flexibility index (Phi) is 17.9. The van der Waals surface area contributed by atoms with Crippen molar-refractivity contribution in [1.82, 2.24) is 25.8 Å². The standard InChI is InChI=1S/C45H74FN5O8/c1-15-28(6)38(50(12)42(55)37(27(4)5)49-41(54)36(47-11)26(2)3)34(57-13)23-35(52)51-25-45(20-21-45)24-33(51)39(58-14)29(7)40(53)48-32(43(56)59-44(8,9)10)22-30-18-16-17-19-31(30)46/h16-19,26-29,32-34,36-39,47H,15,20-25H2,1-14H3,(H,48,53)(H,49,54)/t28-,29+,32?,33?,34+,36?,37?,38-,39+/m0/s1. The lowest BCUT2D eigenvalue weighted by Crippen LogP contribution is -2.59. The van der Waals surface area contributed by atoms with Crippen LogP contribution < -0.4 is 16.0 Å². The number of hydrogen-bond acceptors (Lipinski definition) is 9. The maximum atomic E-state index is 14.8. The highest BCUT2D eigenvalue weighted by Crippen LogP contribution is 2.56. The maximum absolute atomic E-state index is 14.8. The summed E-state index contributed by atoms with van der Waals surface area (Å²) in [6.07, 6.45) is 1.70. The largest absolute Gasteiger partial charge is 0.458 e. The molecule has 1 aliphatic heterocycles. The summed E-state index contributed by atoms with van der Waals surface area (Å²) >= 11 is 0. The number of nitrogens with zero attached hydrogens (tertiary/aromatic N) is 2. The highest BCUT2D eigenvalue weighted by molar-refractivity contribution is 5.90. The molecule has 2 fully saturated rings. The van der Waals surface area contributed by atoms with E-state index in [0.29, 0.717) is 19.4 Å². The van der Waals surface area contributed by atoms with Crippen LogP contribution in [0.15, 0.2) is 24.3 Å². The predicted molar refractivity (Wildman–Crippen MR) is 226 cm³/mol. The third-order valence-corrected chi connectivity index (χ3v) is 12.3. The number of esters is 1. The number of rotatable bonds is 21. The summed E-state index contributed by atoms with van der Waals surface area (Å²) < 4.78 is 32.5. The minimum atomic E-state index is -1.17. The van der Waals surface area contributed by atoms with Crippen LogP contribution in [0.1, 0.15) is 107 Å². The molecular formula is C45H74FN5O8. The van der Waals surface area contributed by atoms with Gasteiger partial charge in [-0.15, -0.1) is 0 Å². The first kappa shape index (κ1) is 49.7. The van der Waals surface area contributed by atoms with E-state index < -0.39 is 71.6 Å². The molecule has 9 atom stereocenters. The van der Waals surface area contributed by atoms with Gasteiger partial charge in [0.1, 0.15) is 23.5 Å². The van der Waals surface area contributed by atoms with Crippen LogP contribution in [0.2, 0.25) is 0 Å². The number of methoxy groups -OCH3 is 2. The topological polar surface area (TPSA) is 156 Å². The molecule has 1 spiro atoms. The number of carbonyl (C=O) groups excluding carboxylic acids is 5. The Morgan fingerprint density at radius 3 is 2.03 bits per heavy atom. The first-order chi connectivity index (χ1) is 27.5. The van der Waals surface area contributed by atoms with Crippen molar-refractivity contribution in [3.05, 3.63) is 35.6 Å². The van der Waals surface area contributed by atoms with Crippen LogP contribution in [0.5, 0.6) is 0 Å². The van der Waals surface area contributed by atoms with Gasteiger partial charge < -0.3 is 40.0 Å². The Balaban J connectivity index is 1.87. The molecule has 2 aliphatic rings. The van der Waals surface area contributed by atoms with Gasteiger partial charge in [-0.05, 0) is 81.9 Å². The molecule has 1 saturated heterocycles. The zero-order chi connectivity index (χ0) is 44.6. The van der Waals surface area contributed by atoms with Gasteiger partial charge in [-0.2, -0.15) is 0 Å². The number of likely N-dealkylation sites (N-methyl/N-ethyl adjacent to an activating group) is 2. The van der Waals surface area contributed by atoms with Crippen LogP contribution in [0.3, 0.4) is 0 Å². The molecule has 1 aromatic carbocycles. The minimum absolute atomic E-state index is 0.0105. The molecule has 1 aromatic rings. The molecule has 14 heteroatoms. The second-order valence-corrected chi connectivity index (χ2v) is 18.7. The molecule has 1 heterocycles. The van der Waals surface area contributed by atoms with Crippen molar-refractivity contribution in [3.8, 4) is 0 Å². The monoisotopic (exact) mass is 832 g/mol. The summed E-state index contributed by atoms with van der Waals surface area (Å²) in [6.45, 7) is 19.1. The number of hydrogen-bond donors (Lipinski definition) is 3. The van der Waals surface area contributed by atoms with Crippen molar-refractivity contribution in [2.45, 2.75) is 156 Å². The summed E-state index contributed by atoms with van der Waals surface area (Å²) in [7, 11) is 6.50. The van der Waals surface area contributed by atoms with Crippen molar-refractivity contribution in [1.29, 1.82) is 0 Å². The normalized spacial score (nSPS) is 20.3. The smallest absolute Gasteiger partial charge is 0.329 e. The van der Waals surface area contributed by atoms with Crippen molar-refractivity contribution < 1.29 is 42.6 Å². The predicted octanol–water partition coefficient (Wildman–Crippen LogP) is 4.89.